The minimum Gasteiger partial charge on any atom is -0.381 e. The summed E-state index contributed by atoms with van der Waals surface area (Å²) in [6.07, 6.45) is 4.56. The van der Waals surface area contributed by atoms with Crippen molar-refractivity contribution in [2.75, 3.05) is 40.0 Å². The predicted octanol–water partition coefficient (Wildman–Crippen LogP) is 2.48. The van der Waals surface area contributed by atoms with E-state index in [1.165, 1.54) is 0 Å². The molecule has 3 aliphatic rings. The number of methoxy groups -OCH3 is 1. The monoisotopic (exact) mass is 358 g/mol. The highest BCUT2D eigenvalue weighted by Gasteiger charge is 2.56. The summed E-state index contributed by atoms with van der Waals surface area (Å²) >= 11 is 0. The number of rotatable bonds is 3. The SMILES string of the molecule is COC1CN(C2CCN(C(=O)c3cccc(C)c3)CC2)C12CCOCC2. The summed E-state index contributed by atoms with van der Waals surface area (Å²) in [6.45, 7) is 6.41. The minimum absolute atomic E-state index is 0.167. The molecule has 1 aromatic carbocycles. The summed E-state index contributed by atoms with van der Waals surface area (Å²) in [7, 11) is 1.84. The third-order valence-electron chi connectivity index (χ3n) is 6.63. The quantitative estimate of drug-likeness (QED) is 0.833. The van der Waals surface area contributed by atoms with Crippen LogP contribution >= 0.6 is 0 Å². The predicted molar refractivity (Wildman–Crippen MR) is 100 cm³/mol. The van der Waals surface area contributed by atoms with Gasteiger partial charge < -0.3 is 14.4 Å². The Morgan fingerprint density at radius 2 is 1.96 bits per heavy atom. The van der Waals surface area contributed by atoms with Gasteiger partial charge in [0.1, 0.15) is 0 Å². The summed E-state index contributed by atoms with van der Waals surface area (Å²) in [5, 5.41) is 0. The third kappa shape index (κ3) is 3.06. The topological polar surface area (TPSA) is 42.0 Å². The van der Waals surface area contributed by atoms with E-state index in [1.807, 2.05) is 43.2 Å². The van der Waals surface area contributed by atoms with E-state index in [9.17, 15) is 4.79 Å². The van der Waals surface area contributed by atoms with E-state index in [-0.39, 0.29) is 11.4 Å². The number of amides is 1. The molecule has 0 saturated carbocycles. The summed E-state index contributed by atoms with van der Waals surface area (Å²) in [6, 6.07) is 8.48. The van der Waals surface area contributed by atoms with Crippen molar-refractivity contribution in [3.8, 4) is 0 Å². The van der Waals surface area contributed by atoms with Gasteiger partial charge in [0.25, 0.3) is 5.91 Å². The van der Waals surface area contributed by atoms with Gasteiger partial charge in [-0.3, -0.25) is 9.69 Å². The maximum atomic E-state index is 12.8. The molecule has 4 rings (SSSR count). The normalized spacial score (nSPS) is 26.7. The number of ether oxygens (including phenoxy) is 2. The summed E-state index contributed by atoms with van der Waals surface area (Å²) in [4.78, 5) is 17.5. The molecule has 3 saturated heterocycles. The van der Waals surface area contributed by atoms with Gasteiger partial charge in [-0.25, -0.2) is 0 Å². The van der Waals surface area contributed by atoms with Crippen LogP contribution in [0.1, 0.15) is 41.6 Å². The number of carbonyl (C=O) groups excluding carboxylic acids is 1. The van der Waals surface area contributed by atoms with Gasteiger partial charge >= 0.3 is 0 Å². The number of hydrogen-bond donors (Lipinski definition) is 0. The number of hydrogen-bond acceptors (Lipinski definition) is 4. The van der Waals surface area contributed by atoms with Crippen LogP contribution in [0.25, 0.3) is 0 Å². The molecule has 1 amide bonds. The standard InChI is InChI=1S/C21H30N2O3/c1-16-4-3-5-17(14-16)20(24)22-10-6-18(7-11-22)23-15-19(25-2)21(23)8-12-26-13-9-21/h3-5,14,18-19H,6-13,15H2,1-2H3. The van der Waals surface area contributed by atoms with Crippen LogP contribution in [0.4, 0.5) is 0 Å². The van der Waals surface area contributed by atoms with Crippen LogP contribution in [0.15, 0.2) is 24.3 Å². The Bertz CT molecular complexity index is 648. The van der Waals surface area contributed by atoms with Crippen LogP contribution in [0.3, 0.4) is 0 Å². The maximum Gasteiger partial charge on any atom is 0.253 e. The Morgan fingerprint density at radius 1 is 1.23 bits per heavy atom. The lowest BCUT2D eigenvalue weighted by Gasteiger charge is -2.63. The van der Waals surface area contributed by atoms with Crippen molar-refractivity contribution in [3.05, 3.63) is 35.4 Å². The van der Waals surface area contributed by atoms with E-state index in [0.29, 0.717) is 12.1 Å². The van der Waals surface area contributed by atoms with Crippen molar-refractivity contribution in [3.63, 3.8) is 0 Å². The smallest absolute Gasteiger partial charge is 0.253 e. The largest absolute Gasteiger partial charge is 0.381 e. The molecule has 1 atom stereocenters. The van der Waals surface area contributed by atoms with Gasteiger partial charge in [0, 0.05) is 51.6 Å². The molecular formula is C21H30N2O3. The number of likely N-dealkylation sites (tertiary alicyclic amines) is 2. The fraction of sp³-hybridized carbons (Fsp3) is 0.667. The molecule has 0 aromatic heterocycles. The molecule has 3 fully saturated rings. The van der Waals surface area contributed by atoms with Crippen molar-refractivity contribution >= 4 is 5.91 Å². The molecule has 1 unspecified atom stereocenters. The molecule has 0 aliphatic carbocycles. The highest BCUT2D eigenvalue weighted by atomic mass is 16.5. The van der Waals surface area contributed by atoms with Gasteiger partial charge in [-0.05, 0) is 44.7 Å². The average molecular weight is 358 g/mol. The molecule has 5 heteroatoms. The summed E-state index contributed by atoms with van der Waals surface area (Å²) < 4.78 is 11.4. The zero-order valence-corrected chi connectivity index (χ0v) is 15.9. The zero-order chi connectivity index (χ0) is 18.1. The second-order valence-corrected chi connectivity index (χ2v) is 7.99. The number of aryl methyl sites for hydroxylation is 1. The number of nitrogens with zero attached hydrogens (tertiary/aromatic N) is 2. The van der Waals surface area contributed by atoms with Crippen molar-refractivity contribution in [2.45, 2.75) is 50.3 Å². The molecular weight excluding hydrogens is 328 g/mol. The van der Waals surface area contributed by atoms with Crippen LogP contribution < -0.4 is 0 Å². The second-order valence-electron chi connectivity index (χ2n) is 7.99. The van der Waals surface area contributed by atoms with Crippen LogP contribution in [0.5, 0.6) is 0 Å². The van der Waals surface area contributed by atoms with Crippen molar-refractivity contribution < 1.29 is 14.3 Å². The average Bonchev–Trinajstić information content (AvgIpc) is 2.68. The van der Waals surface area contributed by atoms with E-state index in [0.717, 1.165) is 69.7 Å². The van der Waals surface area contributed by atoms with E-state index in [1.54, 1.807) is 0 Å². The first kappa shape index (κ1) is 18.0. The summed E-state index contributed by atoms with van der Waals surface area (Å²) in [5.74, 6) is 0.173. The minimum atomic E-state index is 0.167. The van der Waals surface area contributed by atoms with Gasteiger partial charge in [-0.15, -0.1) is 0 Å². The molecule has 1 spiro atoms. The molecule has 0 N–H and O–H groups in total. The lowest BCUT2D eigenvalue weighted by Crippen LogP contribution is -2.75. The van der Waals surface area contributed by atoms with Crippen molar-refractivity contribution in [2.24, 2.45) is 0 Å². The van der Waals surface area contributed by atoms with Gasteiger partial charge in [0.15, 0.2) is 0 Å². The Balaban J connectivity index is 1.38. The molecule has 0 bridgehead atoms. The van der Waals surface area contributed by atoms with E-state index in [2.05, 4.69) is 4.90 Å². The first-order valence-corrected chi connectivity index (χ1v) is 9.87. The Morgan fingerprint density at radius 3 is 2.62 bits per heavy atom. The zero-order valence-electron chi connectivity index (χ0n) is 15.9. The maximum absolute atomic E-state index is 12.8. The molecule has 3 heterocycles. The number of carbonyl (C=O) groups is 1. The fourth-order valence-corrected chi connectivity index (χ4v) is 5.08. The van der Waals surface area contributed by atoms with E-state index < -0.39 is 0 Å². The van der Waals surface area contributed by atoms with Gasteiger partial charge in [0.05, 0.1) is 11.6 Å². The van der Waals surface area contributed by atoms with Gasteiger partial charge in [-0.1, -0.05) is 17.7 Å². The number of benzene rings is 1. The van der Waals surface area contributed by atoms with Crippen molar-refractivity contribution in [1.82, 2.24) is 9.80 Å². The molecule has 3 aliphatic heterocycles. The highest BCUT2D eigenvalue weighted by Crippen LogP contribution is 2.44. The first-order chi connectivity index (χ1) is 12.6. The Hall–Kier alpha value is -1.43. The second kappa shape index (κ2) is 7.29. The Kier molecular flexibility index (Phi) is 5.04. The van der Waals surface area contributed by atoms with Crippen LogP contribution in [0, 0.1) is 6.92 Å². The van der Waals surface area contributed by atoms with E-state index >= 15 is 0 Å². The molecule has 142 valence electrons. The molecule has 5 nitrogen and oxygen atoms in total. The molecule has 0 radical (unpaired) electrons. The summed E-state index contributed by atoms with van der Waals surface area (Å²) in [5.41, 5.74) is 2.12. The first-order valence-electron chi connectivity index (χ1n) is 9.87. The highest BCUT2D eigenvalue weighted by molar-refractivity contribution is 5.94. The third-order valence-corrected chi connectivity index (χ3v) is 6.63. The molecule has 26 heavy (non-hydrogen) atoms. The van der Waals surface area contributed by atoms with Crippen LogP contribution in [-0.2, 0) is 9.47 Å². The molecule has 1 aromatic rings. The van der Waals surface area contributed by atoms with E-state index in [4.69, 9.17) is 9.47 Å². The Labute approximate surface area is 156 Å². The van der Waals surface area contributed by atoms with Crippen LogP contribution in [-0.4, -0.2) is 73.3 Å². The van der Waals surface area contributed by atoms with Crippen molar-refractivity contribution in [1.29, 1.82) is 0 Å². The van der Waals surface area contributed by atoms with Crippen LogP contribution in [0.2, 0.25) is 0 Å². The van der Waals surface area contributed by atoms with Gasteiger partial charge in [-0.2, -0.15) is 0 Å². The lowest BCUT2D eigenvalue weighted by molar-refractivity contribution is -0.207. The lowest BCUT2D eigenvalue weighted by atomic mass is 9.73. The fourth-order valence-electron chi connectivity index (χ4n) is 5.08. The van der Waals surface area contributed by atoms with Gasteiger partial charge in [0.2, 0.25) is 0 Å². The number of piperidine rings is 1.